The van der Waals surface area contributed by atoms with Crippen LogP contribution in [0.5, 0.6) is 0 Å². The van der Waals surface area contributed by atoms with Crippen LogP contribution in [-0.2, 0) is 23.7 Å². The highest BCUT2D eigenvalue weighted by atomic mass is 31.2. The van der Waals surface area contributed by atoms with Crippen molar-refractivity contribution < 1.29 is 43.7 Å². The number of carbonyl (C=O) groups excluding carboxylic acids is 3. The highest BCUT2D eigenvalue weighted by molar-refractivity contribution is 7.52. The van der Waals surface area contributed by atoms with Gasteiger partial charge in [0.05, 0.1) is 6.61 Å². The van der Waals surface area contributed by atoms with Gasteiger partial charge in [-0.15, -0.1) is 0 Å². The maximum Gasteiger partial charge on any atom is 0.334 e. The molecule has 0 radical (unpaired) electrons. The molecule has 2 heterocycles. The van der Waals surface area contributed by atoms with Crippen molar-refractivity contribution in [3.05, 3.63) is 0 Å². The molecule has 12 nitrogen and oxygen atoms in total. The summed E-state index contributed by atoms with van der Waals surface area (Å²) in [7, 11) is -4.64. The quantitative estimate of drug-likeness (QED) is 0.282. The molecule has 13 heteroatoms. The molecule has 0 aromatic heterocycles. The van der Waals surface area contributed by atoms with Gasteiger partial charge in [0.1, 0.15) is 24.3 Å². The van der Waals surface area contributed by atoms with Crippen molar-refractivity contribution in [1.29, 1.82) is 0 Å². The number of aliphatic hydroxyl groups excluding tert-OH is 1. The molecule has 2 aliphatic heterocycles. The van der Waals surface area contributed by atoms with Crippen LogP contribution in [0.25, 0.3) is 0 Å². The monoisotopic (exact) mass is 421 g/mol. The van der Waals surface area contributed by atoms with Crippen LogP contribution < -0.4 is 5.32 Å². The number of hydrogen-bond acceptors (Lipinski definition) is 6. The molecule has 0 unspecified atom stereocenters. The van der Waals surface area contributed by atoms with Gasteiger partial charge in [0, 0.05) is 13.1 Å². The molecule has 3 atom stereocenters. The first-order valence-electron chi connectivity index (χ1n) is 8.83. The molecule has 2 fully saturated rings. The van der Waals surface area contributed by atoms with Crippen molar-refractivity contribution in [1.82, 2.24) is 15.1 Å². The van der Waals surface area contributed by atoms with E-state index in [-0.39, 0.29) is 13.1 Å². The van der Waals surface area contributed by atoms with Gasteiger partial charge >= 0.3 is 13.6 Å². The summed E-state index contributed by atoms with van der Waals surface area (Å²) in [6.07, 6.45) is 0.554. The summed E-state index contributed by atoms with van der Waals surface area (Å²) in [5.41, 5.74) is 0. The summed E-state index contributed by atoms with van der Waals surface area (Å²) in [5, 5.41) is 20.7. The second kappa shape index (κ2) is 8.99. The second-order valence-electron chi connectivity index (χ2n) is 6.84. The number of rotatable bonds is 7. The second-order valence-corrected chi connectivity index (χ2v) is 8.49. The van der Waals surface area contributed by atoms with Crippen molar-refractivity contribution in [3.8, 4) is 0 Å². The Labute approximate surface area is 160 Å². The maximum absolute atomic E-state index is 12.8. The van der Waals surface area contributed by atoms with Gasteiger partial charge in [-0.25, -0.2) is 4.79 Å². The smallest absolute Gasteiger partial charge is 0.334 e. The molecule has 28 heavy (non-hydrogen) atoms. The predicted octanol–water partition coefficient (Wildman–Crippen LogP) is -2.29. The van der Waals surface area contributed by atoms with Gasteiger partial charge in [-0.05, 0) is 25.7 Å². The van der Waals surface area contributed by atoms with Crippen molar-refractivity contribution in [3.63, 3.8) is 0 Å². The number of carboxylic acid groups (broad SMARTS) is 1. The molecule has 0 aromatic carbocycles. The Morgan fingerprint density at radius 1 is 1.04 bits per heavy atom. The molecule has 2 aliphatic rings. The number of nitrogens with one attached hydrogen (secondary N) is 1. The molecule has 0 aliphatic carbocycles. The lowest BCUT2D eigenvalue weighted by Crippen LogP contribution is -2.56. The lowest BCUT2D eigenvalue weighted by atomic mass is 10.1. The van der Waals surface area contributed by atoms with Crippen LogP contribution in [0, 0.1) is 0 Å². The van der Waals surface area contributed by atoms with Crippen LogP contribution in [0.15, 0.2) is 0 Å². The normalized spacial score (nSPS) is 23.5. The lowest BCUT2D eigenvalue weighted by Gasteiger charge is -2.31. The molecule has 0 aromatic rings. The molecule has 158 valence electrons. The summed E-state index contributed by atoms with van der Waals surface area (Å²) in [5.74, 6) is -3.47. The zero-order valence-corrected chi connectivity index (χ0v) is 16.0. The number of carboxylic acids is 1. The summed E-state index contributed by atoms with van der Waals surface area (Å²) in [6, 6.07) is -3.30. The fourth-order valence-electron chi connectivity index (χ4n) is 3.58. The zero-order valence-electron chi connectivity index (χ0n) is 15.1. The summed E-state index contributed by atoms with van der Waals surface area (Å²) in [4.78, 5) is 68.6. The molecule has 5 N–H and O–H groups in total. The van der Waals surface area contributed by atoms with Crippen LogP contribution >= 0.6 is 7.60 Å². The number of amides is 3. The van der Waals surface area contributed by atoms with Crippen LogP contribution in [0.3, 0.4) is 0 Å². The minimum absolute atomic E-state index is 0.186. The fraction of sp³-hybridized carbons (Fsp3) is 0.733. The average molecular weight is 421 g/mol. The summed E-state index contributed by atoms with van der Waals surface area (Å²) < 4.78 is 10.9. The zero-order chi connectivity index (χ0) is 21.1. The van der Waals surface area contributed by atoms with E-state index in [9.17, 15) is 34.0 Å². The van der Waals surface area contributed by atoms with Gasteiger partial charge in [-0.1, -0.05) is 0 Å². The number of carbonyl (C=O) groups is 4. The SMILES string of the molecule is O=C(CP(=O)(O)O)N[C@@H](CO)C(=O)N1CCC[C@H]1C(=O)N1CCC[C@H]1C(=O)O. The summed E-state index contributed by atoms with van der Waals surface area (Å²) >= 11 is 0. The molecule has 0 saturated carbocycles. The Morgan fingerprint density at radius 2 is 1.61 bits per heavy atom. The van der Waals surface area contributed by atoms with E-state index in [1.165, 1.54) is 9.80 Å². The van der Waals surface area contributed by atoms with Crippen LogP contribution in [0.2, 0.25) is 0 Å². The van der Waals surface area contributed by atoms with Gasteiger partial charge in [-0.2, -0.15) is 0 Å². The van der Waals surface area contributed by atoms with E-state index in [1.54, 1.807) is 0 Å². The third kappa shape index (κ3) is 5.28. The first-order valence-corrected chi connectivity index (χ1v) is 10.6. The lowest BCUT2D eigenvalue weighted by molar-refractivity contribution is -0.152. The van der Waals surface area contributed by atoms with E-state index < -0.39 is 62.2 Å². The van der Waals surface area contributed by atoms with Gasteiger partial charge < -0.3 is 35.1 Å². The van der Waals surface area contributed by atoms with Crippen molar-refractivity contribution in [2.75, 3.05) is 25.9 Å². The Hall–Kier alpha value is -2.01. The highest BCUT2D eigenvalue weighted by Crippen LogP contribution is 2.33. The Morgan fingerprint density at radius 3 is 2.14 bits per heavy atom. The molecule has 2 rings (SSSR count). The van der Waals surface area contributed by atoms with Crippen molar-refractivity contribution in [2.24, 2.45) is 0 Å². The van der Waals surface area contributed by atoms with Crippen LogP contribution in [0.4, 0.5) is 0 Å². The third-order valence-electron chi connectivity index (χ3n) is 4.81. The third-order valence-corrected chi connectivity index (χ3v) is 5.51. The van der Waals surface area contributed by atoms with E-state index in [0.29, 0.717) is 25.7 Å². The van der Waals surface area contributed by atoms with Crippen LogP contribution in [0.1, 0.15) is 25.7 Å². The molecule has 0 spiro atoms. The first kappa shape index (κ1) is 22.3. The highest BCUT2D eigenvalue weighted by Gasteiger charge is 2.43. The van der Waals surface area contributed by atoms with E-state index in [2.05, 4.69) is 5.32 Å². The van der Waals surface area contributed by atoms with E-state index in [0.717, 1.165) is 0 Å². The largest absolute Gasteiger partial charge is 0.480 e. The number of aliphatic carboxylic acids is 1. The van der Waals surface area contributed by atoms with E-state index in [1.807, 2.05) is 0 Å². The van der Waals surface area contributed by atoms with Gasteiger partial charge in [-0.3, -0.25) is 18.9 Å². The number of likely N-dealkylation sites (tertiary alicyclic amines) is 2. The molecular formula is C15H24N3O9P. The average Bonchev–Trinajstić information content (AvgIpc) is 3.25. The Kier molecular flexibility index (Phi) is 7.16. The Bertz CT molecular complexity index is 694. The van der Waals surface area contributed by atoms with Crippen molar-refractivity contribution in [2.45, 2.75) is 43.8 Å². The molecule has 0 bridgehead atoms. The van der Waals surface area contributed by atoms with Gasteiger partial charge in [0.2, 0.25) is 17.7 Å². The minimum atomic E-state index is -4.64. The first-order chi connectivity index (χ1) is 13.0. The van der Waals surface area contributed by atoms with Crippen molar-refractivity contribution >= 4 is 31.3 Å². The van der Waals surface area contributed by atoms with Gasteiger partial charge in [0.25, 0.3) is 0 Å². The number of nitrogens with zero attached hydrogens (tertiary/aromatic N) is 2. The predicted molar refractivity (Wildman–Crippen MR) is 93.0 cm³/mol. The van der Waals surface area contributed by atoms with E-state index in [4.69, 9.17) is 9.79 Å². The van der Waals surface area contributed by atoms with E-state index >= 15 is 0 Å². The topological polar surface area (TPSA) is 185 Å². The number of hydrogen-bond donors (Lipinski definition) is 5. The Balaban J connectivity index is 2.08. The maximum atomic E-state index is 12.8. The van der Waals surface area contributed by atoms with Gasteiger partial charge in [0.15, 0.2) is 0 Å². The molecular weight excluding hydrogens is 397 g/mol. The van der Waals surface area contributed by atoms with Crippen LogP contribution in [-0.4, -0.2) is 97.5 Å². The minimum Gasteiger partial charge on any atom is -0.480 e. The molecule has 2 saturated heterocycles. The molecule has 3 amide bonds. The summed E-state index contributed by atoms with van der Waals surface area (Å²) in [6.45, 7) is -0.354. The fourth-order valence-corrected chi connectivity index (χ4v) is 4.04. The standard InChI is InChI=1S/C15H24N3O9P/c19-7-9(16-12(20)8-28(25,26)27)13(21)17-5-1-3-10(17)14(22)18-6-2-4-11(18)15(23)24/h9-11,19H,1-8H2,(H,16,20)(H,23,24)(H2,25,26,27)/t9-,10-,11-/m0/s1. The number of aliphatic hydroxyl groups is 1.